The van der Waals surface area contributed by atoms with E-state index in [-0.39, 0.29) is 0 Å². The van der Waals surface area contributed by atoms with Crippen molar-refractivity contribution in [1.29, 1.82) is 0 Å². The highest BCUT2D eigenvalue weighted by molar-refractivity contribution is 5.34. The minimum Gasteiger partial charge on any atom is -0.490 e. The van der Waals surface area contributed by atoms with Crippen LogP contribution in [0.4, 0.5) is 0 Å². The summed E-state index contributed by atoms with van der Waals surface area (Å²) in [5, 5.41) is 10.2. The fraction of sp³-hybridized carbons (Fsp3) is 0.529. The first-order valence-electron chi connectivity index (χ1n) is 7.19. The van der Waals surface area contributed by atoms with Crippen molar-refractivity contribution < 1.29 is 14.3 Å². The lowest BCUT2D eigenvalue weighted by atomic mass is 10.1. The van der Waals surface area contributed by atoms with Gasteiger partial charge in [-0.3, -0.25) is 0 Å². The van der Waals surface area contributed by atoms with Gasteiger partial charge >= 0.3 is 0 Å². The van der Waals surface area contributed by atoms with Crippen LogP contribution in [-0.4, -0.2) is 49.0 Å². The summed E-state index contributed by atoms with van der Waals surface area (Å²) in [5.74, 6) is 0.835. The Hall–Kier alpha value is -1.32. The van der Waals surface area contributed by atoms with Crippen LogP contribution in [0.1, 0.15) is 19.4 Å². The average Bonchev–Trinajstić information content (AvgIpc) is 2.37. The number of benzene rings is 1. The summed E-state index contributed by atoms with van der Waals surface area (Å²) >= 11 is 0. The fourth-order valence-corrected chi connectivity index (χ4v) is 1.96. The van der Waals surface area contributed by atoms with Gasteiger partial charge in [-0.1, -0.05) is 24.3 Å². The van der Waals surface area contributed by atoms with Gasteiger partial charge in [0.05, 0.1) is 20.1 Å². The van der Waals surface area contributed by atoms with Crippen LogP contribution in [0, 0.1) is 0 Å². The first-order valence-corrected chi connectivity index (χ1v) is 7.19. The number of quaternary nitrogens is 1. The summed E-state index contributed by atoms with van der Waals surface area (Å²) in [5.41, 5.74) is 1.10. The SMILES string of the molecule is C=CCc1ccccc1OC[C@H](O)C[N+](C)(C)C(C)C. The maximum Gasteiger partial charge on any atom is 0.137 e. The van der Waals surface area contributed by atoms with E-state index in [2.05, 4.69) is 34.5 Å². The van der Waals surface area contributed by atoms with E-state index < -0.39 is 6.10 Å². The molecule has 3 nitrogen and oxygen atoms in total. The molecular weight excluding hydrogens is 250 g/mol. The Labute approximate surface area is 123 Å². The van der Waals surface area contributed by atoms with E-state index in [0.29, 0.717) is 19.2 Å². The van der Waals surface area contributed by atoms with Crippen molar-refractivity contribution in [3.63, 3.8) is 0 Å². The lowest BCUT2D eigenvalue weighted by molar-refractivity contribution is -0.914. The average molecular weight is 278 g/mol. The van der Waals surface area contributed by atoms with E-state index >= 15 is 0 Å². The molecule has 1 aromatic carbocycles. The van der Waals surface area contributed by atoms with Crippen LogP contribution in [0.15, 0.2) is 36.9 Å². The molecule has 1 N–H and O–H groups in total. The van der Waals surface area contributed by atoms with Gasteiger partial charge in [0.2, 0.25) is 0 Å². The quantitative estimate of drug-likeness (QED) is 0.585. The van der Waals surface area contributed by atoms with Crippen molar-refractivity contribution >= 4 is 0 Å². The molecule has 0 unspecified atom stereocenters. The maximum atomic E-state index is 10.2. The molecule has 0 saturated heterocycles. The number of hydrogen-bond acceptors (Lipinski definition) is 2. The molecule has 0 aliphatic rings. The van der Waals surface area contributed by atoms with Crippen LogP contribution >= 0.6 is 0 Å². The lowest BCUT2D eigenvalue weighted by Gasteiger charge is -2.35. The third kappa shape index (κ3) is 4.99. The van der Waals surface area contributed by atoms with Crippen LogP contribution in [-0.2, 0) is 6.42 Å². The van der Waals surface area contributed by atoms with Crippen molar-refractivity contribution in [2.24, 2.45) is 0 Å². The minimum atomic E-state index is -0.468. The molecule has 3 heteroatoms. The molecule has 20 heavy (non-hydrogen) atoms. The first-order chi connectivity index (χ1) is 9.36. The Balaban J connectivity index is 2.57. The zero-order chi connectivity index (χ0) is 15.2. The third-order valence-corrected chi connectivity index (χ3v) is 3.85. The highest BCUT2D eigenvalue weighted by Gasteiger charge is 2.24. The van der Waals surface area contributed by atoms with Crippen molar-refractivity contribution in [3.8, 4) is 5.75 Å². The van der Waals surface area contributed by atoms with Gasteiger partial charge in [-0.15, -0.1) is 6.58 Å². The Morgan fingerprint density at radius 1 is 1.30 bits per heavy atom. The topological polar surface area (TPSA) is 29.5 Å². The van der Waals surface area contributed by atoms with Crippen LogP contribution < -0.4 is 4.74 Å². The van der Waals surface area contributed by atoms with Gasteiger partial charge in [0.25, 0.3) is 0 Å². The van der Waals surface area contributed by atoms with Crippen molar-refractivity contribution in [1.82, 2.24) is 0 Å². The number of para-hydroxylation sites is 1. The molecule has 0 radical (unpaired) electrons. The normalized spacial score (nSPS) is 13.3. The molecule has 0 aliphatic heterocycles. The molecule has 0 aromatic heterocycles. The van der Waals surface area contributed by atoms with E-state index in [0.717, 1.165) is 22.2 Å². The standard InChI is InChI=1S/C17H28NO2/c1-6-9-15-10-7-8-11-17(15)20-13-16(19)12-18(4,5)14(2)3/h6-8,10-11,14,16,19H,1,9,12-13H2,2-5H3/q+1/t16-/m1/s1. The first kappa shape index (κ1) is 16.7. The number of nitrogens with zero attached hydrogens (tertiary/aromatic N) is 1. The Morgan fingerprint density at radius 2 is 1.95 bits per heavy atom. The fourth-order valence-electron chi connectivity index (χ4n) is 1.96. The molecule has 0 fully saturated rings. The van der Waals surface area contributed by atoms with Crippen LogP contribution in [0.3, 0.4) is 0 Å². The Morgan fingerprint density at radius 3 is 2.55 bits per heavy atom. The van der Waals surface area contributed by atoms with E-state index in [4.69, 9.17) is 4.74 Å². The number of likely N-dealkylation sites (N-methyl/N-ethyl adjacent to an activating group) is 1. The highest BCUT2D eigenvalue weighted by Crippen LogP contribution is 2.19. The molecule has 1 rings (SSSR count). The highest BCUT2D eigenvalue weighted by atomic mass is 16.5. The Kier molecular flexibility index (Phi) is 6.24. The predicted octanol–water partition coefficient (Wildman–Crippen LogP) is 2.64. The van der Waals surface area contributed by atoms with E-state index in [9.17, 15) is 5.11 Å². The lowest BCUT2D eigenvalue weighted by Crippen LogP contribution is -2.51. The maximum absolute atomic E-state index is 10.2. The second-order valence-corrected chi connectivity index (χ2v) is 6.12. The molecule has 0 spiro atoms. The van der Waals surface area contributed by atoms with E-state index in [1.165, 1.54) is 0 Å². The second kappa shape index (κ2) is 7.46. The van der Waals surface area contributed by atoms with Crippen LogP contribution in [0.2, 0.25) is 0 Å². The van der Waals surface area contributed by atoms with E-state index in [1.54, 1.807) is 0 Å². The van der Waals surface area contributed by atoms with Gasteiger partial charge in [0, 0.05) is 0 Å². The summed E-state index contributed by atoms with van der Waals surface area (Å²) in [6, 6.07) is 8.37. The number of rotatable bonds is 8. The van der Waals surface area contributed by atoms with Gasteiger partial charge in [0.1, 0.15) is 25.0 Å². The van der Waals surface area contributed by atoms with Crippen molar-refractivity contribution in [2.75, 3.05) is 27.2 Å². The summed E-state index contributed by atoms with van der Waals surface area (Å²) < 4.78 is 6.55. The van der Waals surface area contributed by atoms with E-state index in [1.807, 2.05) is 30.3 Å². The van der Waals surface area contributed by atoms with Crippen molar-refractivity contribution in [3.05, 3.63) is 42.5 Å². The van der Waals surface area contributed by atoms with Gasteiger partial charge in [0.15, 0.2) is 0 Å². The number of hydrogen-bond donors (Lipinski definition) is 1. The minimum absolute atomic E-state index is 0.322. The van der Waals surface area contributed by atoms with Gasteiger partial charge < -0.3 is 14.3 Å². The summed E-state index contributed by atoms with van der Waals surface area (Å²) in [6.45, 7) is 9.08. The monoisotopic (exact) mass is 278 g/mol. The molecule has 0 aliphatic carbocycles. The smallest absolute Gasteiger partial charge is 0.137 e. The predicted molar refractivity (Wildman–Crippen MR) is 84.0 cm³/mol. The largest absolute Gasteiger partial charge is 0.490 e. The second-order valence-electron chi connectivity index (χ2n) is 6.12. The summed E-state index contributed by atoms with van der Waals surface area (Å²) in [6.07, 6.45) is 2.17. The zero-order valence-corrected chi connectivity index (χ0v) is 13.2. The Bertz CT molecular complexity index is 427. The number of allylic oxidation sites excluding steroid dienone is 1. The van der Waals surface area contributed by atoms with Gasteiger partial charge in [-0.25, -0.2) is 0 Å². The third-order valence-electron chi connectivity index (χ3n) is 3.85. The molecule has 0 heterocycles. The number of ether oxygens (including phenoxy) is 1. The molecular formula is C17H28NO2+. The number of aliphatic hydroxyl groups is 1. The van der Waals surface area contributed by atoms with Gasteiger partial charge in [-0.2, -0.15) is 0 Å². The zero-order valence-electron chi connectivity index (χ0n) is 13.2. The van der Waals surface area contributed by atoms with Crippen molar-refractivity contribution in [2.45, 2.75) is 32.4 Å². The van der Waals surface area contributed by atoms with Crippen LogP contribution in [0.5, 0.6) is 5.75 Å². The molecule has 112 valence electrons. The van der Waals surface area contributed by atoms with Gasteiger partial charge in [-0.05, 0) is 31.9 Å². The van der Waals surface area contributed by atoms with Crippen LogP contribution in [0.25, 0.3) is 0 Å². The summed E-state index contributed by atoms with van der Waals surface area (Å²) in [4.78, 5) is 0. The molecule has 0 saturated carbocycles. The number of aliphatic hydroxyl groups excluding tert-OH is 1. The summed E-state index contributed by atoms with van der Waals surface area (Å²) in [7, 11) is 4.25. The molecule has 0 amide bonds. The molecule has 1 atom stereocenters. The molecule has 1 aromatic rings. The molecule has 0 bridgehead atoms.